The van der Waals surface area contributed by atoms with Gasteiger partial charge in [-0.25, -0.2) is 0 Å². The summed E-state index contributed by atoms with van der Waals surface area (Å²) in [6, 6.07) is 5.05. The molecule has 1 aromatic carbocycles. The van der Waals surface area contributed by atoms with Gasteiger partial charge in [0.05, 0.1) is 0 Å². The van der Waals surface area contributed by atoms with E-state index in [2.05, 4.69) is 24.0 Å². The van der Waals surface area contributed by atoms with Crippen LogP contribution in [0.5, 0.6) is 5.75 Å². The highest BCUT2D eigenvalue weighted by molar-refractivity contribution is 5.59. The van der Waals surface area contributed by atoms with Gasteiger partial charge < -0.3 is 14.4 Å². The van der Waals surface area contributed by atoms with Gasteiger partial charge >= 0.3 is 0 Å². The normalized spacial score (nSPS) is 12.8. The first kappa shape index (κ1) is 14.5. The summed E-state index contributed by atoms with van der Waals surface area (Å²) >= 11 is 0. The van der Waals surface area contributed by atoms with E-state index >= 15 is 0 Å². The Balaban J connectivity index is 2.32. The number of nitrogens with zero attached hydrogens (tertiary/aromatic N) is 2. The van der Waals surface area contributed by atoms with Crippen molar-refractivity contribution in [1.82, 2.24) is 10.1 Å². The number of ether oxygens (including phenoxy) is 1. The number of benzene rings is 1. The number of hydrogen-bond acceptors (Lipinski definition) is 5. The average Bonchev–Trinajstić information content (AvgIpc) is 2.84. The molecule has 0 amide bonds. The van der Waals surface area contributed by atoms with E-state index in [0.717, 1.165) is 11.1 Å². The standard InChI is InChI=1S/C15H20N2O3/c1-5-19-13(9(2)3)14-16-15(20-17-14)12-7-6-11(18)8-10(12)4/h6-9,13,18H,5H2,1-4H3. The average molecular weight is 276 g/mol. The molecule has 1 atom stereocenters. The van der Waals surface area contributed by atoms with Crippen LogP contribution in [0.15, 0.2) is 22.7 Å². The Kier molecular flexibility index (Phi) is 4.39. The van der Waals surface area contributed by atoms with Crippen LogP contribution in [0.4, 0.5) is 0 Å². The van der Waals surface area contributed by atoms with Crippen molar-refractivity contribution < 1.29 is 14.4 Å². The van der Waals surface area contributed by atoms with Crippen LogP contribution in [0.1, 0.15) is 38.3 Å². The number of hydrogen-bond donors (Lipinski definition) is 1. The van der Waals surface area contributed by atoms with Crippen molar-refractivity contribution in [3.63, 3.8) is 0 Å². The van der Waals surface area contributed by atoms with Crippen LogP contribution in [-0.4, -0.2) is 21.9 Å². The highest BCUT2D eigenvalue weighted by Gasteiger charge is 2.23. The van der Waals surface area contributed by atoms with Crippen molar-refractivity contribution in [2.75, 3.05) is 6.61 Å². The lowest BCUT2D eigenvalue weighted by Gasteiger charge is -2.16. The van der Waals surface area contributed by atoms with Gasteiger partial charge in [0.2, 0.25) is 5.82 Å². The molecular formula is C15H20N2O3. The molecule has 0 saturated carbocycles. The largest absolute Gasteiger partial charge is 0.508 e. The lowest BCUT2D eigenvalue weighted by molar-refractivity contribution is 0.0217. The summed E-state index contributed by atoms with van der Waals surface area (Å²) in [6.45, 7) is 8.55. The minimum Gasteiger partial charge on any atom is -0.508 e. The molecule has 1 aromatic heterocycles. The summed E-state index contributed by atoms with van der Waals surface area (Å²) in [5, 5.41) is 13.5. The molecular weight excluding hydrogens is 256 g/mol. The lowest BCUT2D eigenvalue weighted by Crippen LogP contribution is -2.12. The molecule has 1 N–H and O–H groups in total. The lowest BCUT2D eigenvalue weighted by atomic mass is 10.1. The quantitative estimate of drug-likeness (QED) is 0.905. The van der Waals surface area contributed by atoms with Crippen LogP contribution in [0.3, 0.4) is 0 Å². The van der Waals surface area contributed by atoms with E-state index in [1.54, 1.807) is 18.2 Å². The Bertz CT molecular complexity index is 578. The SMILES string of the molecule is CCOC(c1noc(-c2ccc(O)cc2C)n1)C(C)C. The first-order valence-corrected chi connectivity index (χ1v) is 6.78. The Morgan fingerprint density at radius 2 is 2.10 bits per heavy atom. The van der Waals surface area contributed by atoms with Crippen molar-refractivity contribution in [2.45, 2.75) is 33.8 Å². The predicted molar refractivity (Wildman–Crippen MR) is 75.3 cm³/mol. The van der Waals surface area contributed by atoms with E-state index in [1.165, 1.54) is 0 Å². The molecule has 0 saturated heterocycles. The van der Waals surface area contributed by atoms with Crippen LogP contribution in [0, 0.1) is 12.8 Å². The predicted octanol–water partition coefficient (Wildman–Crippen LogP) is 3.48. The number of phenolic OH excluding ortho intramolecular Hbond substituents is 1. The van der Waals surface area contributed by atoms with Crippen molar-refractivity contribution in [3.8, 4) is 17.2 Å². The topological polar surface area (TPSA) is 68.4 Å². The van der Waals surface area contributed by atoms with Crippen LogP contribution in [0.2, 0.25) is 0 Å². The fraction of sp³-hybridized carbons (Fsp3) is 0.467. The van der Waals surface area contributed by atoms with Crippen LogP contribution in [-0.2, 0) is 4.74 Å². The zero-order valence-electron chi connectivity index (χ0n) is 12.3. The highest BCUT2D eigenvalue weighted by Crippen LogP contribution is 2.28. The molecule has 0 aliphatic rings. The zero-order valence-corrected chi connectivity index (χ0v) is 12.3. The van der Waals surface area contributed by atoms with Crippen molar-refractivity contribution in [1.29, 1.82) is 0 Å². The maximum Gasteiger partial charge on any atom is 0.258 e. The van der Waals surface area contributed by atoms with Gasteiger partial charge in [0.25, 0.3) is 5.89 Å². The second kappa shape index (κ2) is 6.05. The second-order valence-corrected chi connectivity index (χ2v) is 5.08. The van der Waals surface area contributed by atoms with Gasteiger partial charge in [0.15, 0.2) is 0 Å². The van der Waals surface area contributed by atoms with E-state index in [9.17, 15) is 5.11 Å². The zero-order chi connectivity index (χ0) is 14.7. The van der Waals surface area contributed by atoms with Gasteiger partial charge in [-0.05, 0) is 43.5 Å². The number of aryl methyl sites for hydroxylation is 1. The summed E-state index contributed by atoms with van der Waals surface area (Å²) < 4.78 is 11.0. The maximum atomic E-state index is 9.43. The van der Waals surface area contributed by atoms with Gasteiger partial charge in [-0.1, -0.05) is 19.0 Å². The Morgan fingerprint density at radius 3 is 2.70 bits per heavy atom. The van der Waals surface area contributed by atoms with Gasteiger partial charge in [0.1, 0.15) is 11.9 Å². The third kappa shape index (κ3) is 2.99. The monoisotopic (exact) mass is 276 g/mol. The van der Waals surface area contributed by atoms with Crippen molar-refractivity contribution in [3.05, 3.63) is 29.6 Å². The van der Waals surface area contributed by atoms with E-state index in [1.807, 2.05) is 13.8 Å². The Hall–Kier alpha value is -1.88. The van der Waals surface area contributed by atoms with E-state index < -0.39 is 0 Å². The Labute approximate surface area is 118 Å². The van der Waals surface area contributed by atoms with Gasteiger partial charge in [-0.2, -0.15) is 4.98 Å². The summed E-state index contributed by atoms with van der Waals surface area (Å²) in [7, 11) is 0. The number of phenols is 1. The summed E-state index contributed by atoms with van der Waals surface area (Å²) in [5.41, 5.74) is 1.71. The molecule has 0 fully saturated rings. The molecule has 5 nitrogen and oxygen atoms in total. The fourth-order valence-corrected chi connectivity index (χ4v) is 2.09. The van der Waals surface area contributed by atoms with Gasteiger partial charge in [0, 0.05) is 12.2 Å². The maximum absolute atomic E-state index is 9.43. The van der Waals surface area contributed by atoms with E-state index in [0.29, 0.717) is 18.3 Å². The minimum atomic E-state index is -0.171. The number of aromatic nitrogens is 2. The molecule has 0 spiro atoms. The molecule has 0 aliphatic heterocycles. The molecule has 5 heteroatoms. The second-order valence-electron chi connectivity index (χ2n) is 5.08. The van der Waals surface area contributed by atoms with Gasteiger partial charge in [-0.15, -0.1) is 0 Å². The van der Waals surface area contributed by atoms with Crippen molar-refractivity contribution >= 4 is 0 Å². The highest BCUT2D eigenvalue weighted by atomic mass is 16.5. The molecule has 0 aliphatic carbocycles. The summed E-state index contributed by atoms with van der Waals surface area (Å²) in [6.07, 6.45) is -0.171. The first-order chi connectivity index (χ1) is 9.52. The van der Waals surface area contributed by atoms with Gasteiger partial charge in [-0.3, -0.25) is 0 Å². The molecule has 2 aromatic rings. The van der Waals surface area contributed by atoms with Crippen LogP contribution < -0.4 is 0 Å². The van der Waals surface area contributed by atoms with Crippen LogP contribution in [0.25, 0.3) is 11.5 Å². The number of aromatic hydroxyl groups is 1. The summed E-state index contributed by atoms with van der Waals surface area (Å²) in [5.74, 6) is 1.49. The molecule has 0 bridgehead atoms. The van der Waals surface area contributed by atoms with Crippen molar-refractivity contribution in [2.24, 2.45) is 5.92 Å². The molecule has 2 rings (SSSR count). The van der Waals surface area contributed by atoms with Crippen LogP contribution >= 0.6 is 0 Å². The van der Waals surface area contributed by atoms with E-state index in [4.69, 9.17) is 9.26 Å². The molecule has 0 radical (unpaired) electrons. The molecule has 20 heavy (non-hydrogen) atoms. The molecule has 1 heterocycles. The third-order valence-electron chi connectivity index (χ3n) is 3.09. The van der Waals surface area contributed by atoms with E-state index in [-0.39, 0.29) is 17.8 Å². The summed E-state index contributed by atoms with van der Waals surface area (Å²) in [4.78, 5) is 4.43. The smallest absolute Gasteiger partial charge is 0.258 e. The molecule has 108 valence electrons. The molecule has 1 unspecified atom stereocenters. The fourth-order valence-electron chi connectivity index (χ4n) is 2.09. The number of rotatable bonds is 5. The first-order valence-electron chi connectivity index (χ1n) is 6.78. The third-order valence-corrected chi connectivity index (χ3v) is 3.09. The minimum absolute atomic E-state index is 0.171. The Morgan fingerprint density at radius 1 is 1.35 bits per heavy atom.